The molecule has 206 valence electrons. The van der Waals surface area contributed by atoms with Gasteiger partial charge in [-0.15, -0.1) is 0 Å². The summed E-state index contributed by atoms with van der Waals surface area (Å²) in [6, 6.07) is 20.1. The van der Waals surface area contributed by atoms with Crippen LogP contribution in [-0.4, -0.2) is 58.8 Å². The standard InChI is InChI=1S/C29H32ClN3O6/c1-18(34)26(29(37)38)33-28(36)24(15-20-10-6-3-7-11-20)32-27(35)23-16-21(30)12-13-25(23)39-17-22(31)14-19-8-4-2-5-9-19/h2-13,16,18,22,24,26,34H,14-15,17,31H2,1H3,(H,32,35)(H,33,36)(H,37,38)/t18-,22+,24+,26+/m1/s1. The number of carbonyl (C=O) groups is 3. The molecule has 0 spiro atoms. The Balaban J connectivity index is 1.78. The molecule has 0 heterocycles. The molecule has 0 saturated heterocycles. The molecule has 3 rings (SSSR count). The second kappa shape index (κ2) is 14.3. The molecule has 0 fully saturated rings. The van der Waals surface area contributed by atoms with Gasteiger partial charge in [-0.1, -0.05) is 72.3 Å². The van der Waals surface area contributed by atoms with Crippen LogP contribution in [0.25, 0.3) is 0 Å². The van der Waals surface area contributed by atoms with E-state index in [2.05, 4.69) is 10.6 Å². The monoisotopic (exact) mass is 553 g/mol. The maximum absolute atomic E-state index is 13.4. The van der Waals surface area contributed by atoms with Crippen LogP contribution >= 0.6 is 11.6 Å². The van der Waals surface area contributed by atoms with E-state index in [0.29, 0.717) is 6.42 Å². The van der Waals surface area contributed by atoms with Gasteiger partial charge in [0.15, 0.2) is 6.04 Å². The number of benzene rings is 3. The molecule has 6 N–H and O–H groups in total. The number of carbonyl (C=O) groups excluding carboxylic acids is 2. The van der Waals surface area contributed by atoms with E-state index in [-0.39, 0.29) is 35.4 Å². The molecular weight excluding hydrogens is 522 g/mol. The van der Waals surface area contributed by atoms with Crippen molar-refractivity contribution in [2.75, 3.05) is 6.61 Å². The van der Waals surface area contributed by atoms with Crippen LogP contribution < -0.4 is 21.1 Å². The van der Waals surface area contributed by atoms with Crippen LogP contribution in [0.1, 0.15) is 28.4 Å². The van der Waals surface area contributed by atoms with E-state index >= 15 is 0 Å². The van der Waals surface area contributed by atoms with Crippen molar-refractivity contribution in [3.63, 3.8) is 0 Å². The first kappa shape index (κ1) is 29.6. The van der Waals surface area contributed by atoms with Crippen molar-refractivity contribution in [1.82, 2.24) is 10.6 Å². The number of aliphatic hydroxyl groups is 1. The molecule has 0 aliphatic carbocycles. The minimum Gasteiger partial charge on any atom is -0.491 e. The van der Waals surface area contributed by atoms with Gasteiger partial charge in [-0.3, -0.25) is 9.59 Å². The Morgan fingerprint density at radius 3 is 2.08 bits per heavy atom. The molecule has 0 aliphatic heterocycles. The van der Waals surface area contributed by atoms with E-state index in [4.69, 9.17) is 22.1 Å². The van der Waals surface area contributed by atoms with E-state index < -0.39 is 36.0 Å². The third kappa shape index (κ3) is 9.10. The van der Waals surface area contributed by atoms with Crippen molar-refractivity contribution in [2.45, 2.75) is 44.0 Å². The number of carboxylic acid groups (broad SMARTS) is 1. The van der Waals surface area contributed by atoms with Crippen LogP contribution in [0.2, 0.25) is 5.02 Å². The number of hydrogen-bond donors (Lipinski definition) is 5. The lowest BCUT2D eigenvalue weighted by Crippen LogP contribution is -2.55. The summed E-state index contributed by atoms with van der Waals surface area (Å²) in [6.45, 7) is 1.38. The van der Waals surface area contributed by atoms with Gasteiger partial charge in [-0.05, 0) is 42.7 Å². The zero-order chi connectivity index (χ0) is 28.4. The highest BCUT2D eigenvalue weighted by atomic mass is 35.5. The molecule has 10 heteroatoms. The van der Waals surface area contributed by atoms with Gasteiger partial charge < -0.3 is 31.3 Å². The smallest absolute Gasteiger partial charge is 0.328 e. The van der Waals surface area contributed by atoms with E-state index in [1.807, 2.05) is 36.4 Å². The molecule has 0 radical (unpaired) electrons. The zero-order valence-electron chi connectivity index (χ0n) is 21.4. The highest BCUT2D eigenvalue weighted by Crippen LogP contribution is 2.24. The van der Waals surface area contributed by atoms with Gasteiger partial charge in [0.05, 0.1) is 11.7 Å². The van der Waals surface area contributed by atoms with Crippen LogP contribution in [0.3, 0.4) is 0 Å². The maximum atomic E-state index is 13.4. The average Bonchev–Trinajstić information content (AvgIpc) is 2.91. The highest BCUT2D eigenvalue weighted by molar-refractivity contribution is 6.31. The van der Waals surface area contributed by atoms with Gasteiger partial charge in [0.2, 0.25) is 5.91 Å². The molecule has 9 nitrogen and oxygen atoms in total. The molecule has 4 atom stereocenters. The highest BCUT2D eigenvalue weighted by Gasteiger charge is 2.30. The van der Waals surface area contributed by atoms with Crippen molar-refractivity contribution < 1.29 is 29.3 Å². The predicted octanol–water partition coefficient (Wildman–Crippen LogP) is 2.58. The molecule has 0 unspecified atom stereocenters. The number of carboxylic acids is 1. The zero-order valence-corrected chi connectivity index (χ0v) is 22.2. The first-order chi connectivity index (χ1) is 18.6. The number of ether oxygens (including phenoxy) is 1. The van der Waals surface area contributed by atoms with Crippen molar-refractivity contribution in [3.8, 4) is 5.75 Å². The number of nitrogens with two attached hydrogens (primary N) is 1. The van der Waals surface area contributed by atoms with Gasteiger partial charge in [0, 0.05) is 17.5 Å². The topological polar surface area (TPSA) is 151 Å². The quantitative estimate of drug-likeness (QED) is 0.218. The maximum Gasteiger partial charge on any atom is 0.328 e. The minimum atomic E-state index is -1.55. The summed E-state index contributed by atoms with van der Waals surface area (Å²) in [6.07, 6.45) is -0.709. The summed E-state index contributed by atoms with van der Waals surface area (Å²) >= 11 is 6.17. The normalized spacial score (nSPS) is 13.9. The fourth-order valence-corrected chi connectivity index (χ4v) is 4.09. The number of nitrogens with one attached hydrogen (secondary N) is 2. The van der Waals surface area contributed by atoms with Crippen LogP contribution in [0.5, 0.6) is 5.75 Å². The lowest BCUT2D eigenvalue weighted by molar-refractivity contribution is -0.145. The largest absolute Gasteiger partial charge is 0.491 e. The SMILES string of the molecule is C[C@@H](O)[C@H](NC(=O)[C@H](Cc1ccccc1)NC(=O)c1cc(Cl)ccc1OC[C@@H](N)Cc1ccccc1)C(=O)O. The van der Waals surface area contributed by atoms with Crippen molar-refractivity contribution >= 4 is 29.4 Å². The Labute approximate surface area is 231 Å². The molecule has 39 heavy (non-hydrogen) atoms. The van der Waals surface area contributed by atoms with Gasteiger partial charge in [0.1, 0.15) is 18.4 Å². The fraction of sp³-hybridized carbons (Fsp3) is 0.276. The number of aliphatic hydroxyl groups excluding tert-OH is 1. The van der Waals surface area contributed by atoms with Crippen molar-refractivity contribution in [1.29, 1.82) is 0 Å². The molecular formula is C29H32ClN3O6. The first-order valence-electron chi connectivity index (χ1n) is 12.4. The Morgan fingerprint density at radius 1 is 0.923 bits per heavy atom. The number of amides is 2. The van der Waals surface area contributed by atoms with E-state index in [1.54, 1.807) is 36.4 Å². The number of halogens is 1. The first-order valence-corrected chi connectivity index (χ1v) is 12.8. The third-order valence-corrected chi connectivity index (χ3v) is 6.17. The molecule has 0 bridgehead atoms. The summed E-state index contributed by atoms with van der Waals surface area (Å²) in [5, 5.41) is 24.4. The molecule has 3 aromatic rings. The summed E-state index contributed by atoms with van der Waals surface area (Å²) in [7, 11) is 0. The predicted molar refractivity (Wildman–Crippen MR) is 148 cm³/mol. The third-order valence-electron chi connectivity index (χ3n) is 5.93. The average molecular weight is 554 g/mol. The fourth-order valence-electron chi connectivity index (χ4n) is 3.92. The number of aliphatic carboxylic acids is 1. The van der Waals surface area contributed by atoms with Crippen LogP contribution in [0.15, 0.2) is 78.9 Å². The van der Waals surface area contributed by atoms with E-state index in [1.165, 1.54) is 13.0 Å². The van der Waals surface area contributed by atoms with Gasteiger partial charge in [-0.2, -0.15) is 0 Å². The van der Waals surface area contributed by atoms with E-state index in [0.717, 1.165) is 11.1 Å². The summed E-state index contributed by atoms with van der Waals surface area (Å²) in [5.74, 6) is -2.59. The summed E-state index contributed by atoms with van der Waals surface area (Å²) in [5.41, 5.74) is 8.11. The van der Waals surface area contributed by atoms with Crippen molar-refractivity contribution in [3.05, 3.63) is 101 Å². The molecule has 2 amide bonds. The van der Waals surface area contributed by atoms with Gasteiger partial charge in [-0.25, -0.2) is 4.79 Å². The van der Waals surface area contributed by atoms with Crippen LogP contribution in [0.4, 0.5) is 0 Å². The lowest BCUT2D eigenvalue weighted by Gasteiger charge is -2.23. The lowest BCUT2D eigenvalue weighted by atomic mass is 10.0. The second-order valence-corrected chi connectivity index (χ2v) is 9.62. The van der Waals surface area contributed by atoms with E-state index in [9.17, 15) is 24.6 Å². The Morgan fingerprint density at radius 2 is 1.51 bits per heavy atom. The van der Waals surface area contributed by atoms with Crippen LogP contribution in [0, 0.1) is 0 Å². The van der Waals surface area contributed by atoms with Gasteiger partial charge >= 0.3 is 5.97 Å². The number of hydrogen-bond acceptors (Lipinski definition) is 6. The molecule has 3 aromatic carbocycles. The van der Waals surface area contributed by atoms with Crippen LogP contribution in [-0.2, 0) is 22.4 Å². The number of rotatable bonds is 13. The molecule has 0 saturated carbocycles. The Hall–Kier alpha value is -3.92. The van der Waals surface area contributed by atoms with Gasteiger partial charge in [0.25, 0.3) is 5.91 Å². The summed E-state index contributed by atoms with van der Waals surface area (Å²) < 4.78 is 5.88. The second-order valence-electron chi connectivity index (χ2n) is 9.18. The molecule has 0 aromatic heterocycles. The Kier molecular flexibility index (Phi) is 10.9. The van der Waals surface area contributed by atoms with Crippen molar-refractivity contribution in [2.24, 2.45) is 5.73 Å². The Bertz CT molecular complexity index is 1260. The summed E-state index contributed by atoms with van der Waals surface area (Å²) in [4.78, 5) is 38.0. The molecule has 0 aliphatic rings. The minimum absolute atomic E-state index is 0.0727.